The molecule has 0 radical (unpaired) electrons. The molecule has 1 aromatic carbocycles. The van der Waals surface area contributed by atoms with Crippen molar-refractivity contribution < 1.29 is 18.7 Å². The minimum Gasteiger partial charge on any atom is -0.493 e. The van der Waals surface area contributed by atoms with Crippen LogP contribution in [-0.4, -0.2) is 62.1 Å². The lowest BCUT2D eigenvalue weighted by atomic mass is 9.99. The van der Waals surface area contributed by atoms with Gasteiger partial charge in [-0.2, -0.15) is 0 Å². The van der Waals surface area contributed by atoms with Gasteiger partial charge in [0, 0.05) is 36.6 Å². The van der Waals surface area contributed by atoms with Crippen LogP contribution < -0.4 is 9.47 Å². The van der Waals surface area contributed by atoms with Crippen LogP contribution in [0.4, 0.5) is 0 Å². The van der Waals surface area contributed by atoms with Gasteiger partial charge >= 0.3 is 0 Å². The minimum atomic E-state index is -0.0232. The molecule has 0 N–H and O–H groups in total. The average Bonchev–Trinajstić information content (AvgIpc) is 3.02. The van der Waals surface area contributed by atoms with Crippen molar-refractivity contribution in [1.82, 2.24) is 9.80 Å². The quantitative estimate of drug-likeness (QED) is 0.844. The van der Waals surface area contributed by atoms with E-state index in [0.717, 1.165) is 37.1 Å². The lowest BCUT2D eigenvalue weighted by molar-refractivity contribution is 0.0351. The second kappa shape index (κ2) is 6.83. The predicted octanol–water partition coefficient (Wildman–Crippen LogP) is 3.07. The summed E-state index contributed by atoms with van der Waals surface area (Å²) < 4.78 is 16.8. The number of aryl methyl sites for hydroxylation is 1. The topological polar surface area (TPSA) is 55.2 Å². The molecule has 0 bridgehead atoms. The van der Waals surface area contributed by atoms with Crippen molar-refractivity contribution >= 4 is 16.9 Å². The molecule has 1 amide bonds. The molecule has 6 nitrogen and oxygen atoms in total. The number of hydrogen-bond acceptors (Lipinski definition) is 5. The molecular weight excluding hydrogens is 332 g/mol. The summed E-state index contributed by atoms with van der Waals surface area (Å²) in [7, 11) is 3.17. The summed E-state index contributed by atoms with van der Waals surface area (Å²) in [5.41, 5.74) is 1.43. The normalized spacial score (nSPS) is 20.9. The number of amides is 1. The van der Waals surface area contributed by atoms with Gasteiger partial charge in [-0.25, -0.2) is 0 Å². The van der Waals surface area contributed by atoms with Crippen molar-refractivity contribution in [3.8, 4) is 11.5 Å². The van der Waals surface area contributed by atoms with Gasteiger partial charge in [0.05, 0.1) is 14.2 Å². The van der Waals surface area contributed by atoms with Gasteiger partial charge in [0.1, 0.15) is 0 Å². The molecule has 140 valence electrons. The van der Waals surface area contributed by atoms with Gasteiger partial charge in [0.15, 0.2) is 17.1 Å². The van der Waals surface area contributed by atoms with Gasteiger partial charge in [0.25, 0.3) is 5.91 Å². The molecule has 4 rings (SSSR count). The van der Waals surface area contributed by atoms with Crippen molar-refractivity contribution in [2.45, 2.75) is 32.2 Å². The van der Waals surface area contributed by atoms with Gasteiger partial charge in [-0.05, 0) is 38.4 Å². The first-order chi connectivity index (χ1) is 12.6. The van der Waals surface area contributed by atoms with E-state index in [9.17, 15) is 4.79 Å². The maximum atomic E-state index is 13.2. The van der Waals surface area contributed by atoms with Crippen LogP contribution in [0.1, 0.15) is 35.4 Å². The summed E-state index contributed by atoms with van der Waals surface area (Å²) >= 11 is 0. The number of piperidine rings is 1. The third-order valence-electron chi connectivity index (χ3n) is 5.77. The molecule has 2 aliphatic heterocycles. The Morgan fingerprint density at radius 3 is 2.77 bits per heavy atom. The first kappa shape index (κ1) is 17.2. The molecular formula is C20H26N2O4. The van der Waals surface area contributed by atoms with Gasteiger partial charge < -0.3 is 18.8 Å². The Morgan fingerprint density at radius 2 is 2.00 bits per heavy atom. The van der Waals surface area contributed by atoms with Gasteiger partial charge in [0.2, 0.25) is 5.75 Å². The van der Waals surface area contributed by atoms with Gasteiger partial charge in [-0.1, -0.05) is 6.42 Å². The zero-order valence-corrected chi connectivity index (χ0v) is 15.7. The van der Waals surface area contributed by atoms with Crippen LogP contribution >= 0.6 is 0 Å². The second-order valence-corrected chi connectivity index (χ2v) is 7.17. The SMILES string of the molecule is COc1ccc2c(C)c(C(=O)N3CCN4CCCC[C@@H]4C3)oc2c1OC. The molecule has 6 heteroatoms. The molecule has 0 saturated carbocycles. The summed E-state index contributed by atoms with van der Waals surface area (Å²) in [6.07, 6.45) is 3.70. The monoisotopic (exact) mass is 358 g/mol. The number of benzene rings is 1. The Kier molecular flexibility index (Phi) is 4.53. The van der Waals surface area contributed by atoms with Crippen molar-refractivity contribution in [3.63, 3.8) is 0 Å². The maximum absolute atomic E-state index is 13.2. The summed E-state index contributed by atoms with van der Waals surface area (Å²) in [6, 6.07) is 4.25. The van der Waals surface area contributed by atoms with Crippen LogP contribution in [0.5, 0.6) is 11.5 Å². The number of piperazine rings is 1. The number of methoxy groups -OCH3 is 2. The fraction of sp³-hybridized carbons (Fsp3) is 0.550. The summed E-state index contributed by atoms with van der Waals surface area (Å²) in [5.74, 6) is 1.52. The van der Waals surface area contributed by atoms with Gasteiger partial charge in [-0.15, -0.1) is 0 Å². The lowest BCUT2D eigenvalue weighted by Crippen LogP contribution is -2.56. The van der Waals surface area contributed by atoms with E-state index in [1.54, 1.807) is 14.2 Å². The van der Waals surface area contributed by atoms with E-state index in [4.69, 9.17) is 13.9 Å². The Labute approximate surface area is 153 Å². The molecule has 0 spiro atoms. The first-order valence-corrected chi connectivity index (χ1v) is 9.31. The van der Waals surface area contributed by atoms with Crippen LogP contribution in [0.2, 0.25) is 0 Å². The average molecular weight is 358 g/mol. The van der Waals surface area contributed by atoms with E-state index in [1.165, 1.54) is 19.3 Å². The number of fused-ring (bicyclic) bond motifs is 2. The number of ether oxygens (including phenoxy) is 2. The molecule has 26 heavy (non-hydrogen) atoms. The number of carbonyl (C=O) groups excluding carboxylic acids is 1. The van der Waals surface area contributed by atoms with E-state index in [1.807, 2.05) is 24.0 Å². The smallest absolute Gasteiger partial charge is 0.289 e. The minimum absolute atomic E-state index is 0.0232. The standard InChI is InChI=1S/C20H26N2O4/c1-13-15-7-8-16(24-2)19(25-3)18(15)26-17(13)20(23)22-11-10-21-9-5-4-6-14(21)12-22/h7-8,14H,4-6,9-12H2,1-3H3/t14-/m1/s1. The fourth-order valence-corrected chi connectivity index (χ4v) is 4.28. The molecule has 0 aliphatic carbocycles. The molecule has 2 saturated heterocycles. The molecule has 2 fully saturated rings. The first-order valence-electron chi connectivity index (χ1n) is 9.31. The number of carbonyl (C=O) groups is 1. The molecule has 2 aliphatic rings. The lowest BCUT2D eigenvalue weighted by Gasteiger charge is -2.43. The zero-order chi connectivity index (χ0) is 18.3. The van der Waals surface area contributed by atoms with Crippen molar-refractivity contribution in [1.29, 1.82) is 0 Å². The van der Waals surface area contributed by atoms with E-state index in [2.05, 4.69) is 4.90 Å². The Balaban J connectivity index is 1.65. The summed E-state index contributed by atoms with van der Waals surface area (Å²) in [5, 5.41) is 0.891. The summed E-state index contributed by atoms with van der Waals surface area (Å²) in [6.45, 7) is 5.59. The summed E-state index contributed by atoms with van der Waals surface area (Å²) in [4.78, 5) is 17.6. The fourth-order valence-electron chi connectivity index (χ4n) is 4.28. The highest BCUT2D eigenvalue weighted by molar-refractivity contribution is 6.00. The highest BCUT2D eigenvalue weighted by atomic mass is 16.5. The second-order valence-electron chi connectivity index (χ2n) is 7.17. The Hall–Kier alpha value is -2.21. The van der Waals surface area contributed by atoms with Crippen molar-refractivity contribution in [2.24, 2.45) is 0 Å². The van der Waals surface area contributed by atoms with Crippen molar-refractivity contribution in [3.05, 3.63) is 23.5 Å². The molecule has 2 aromatic rings. The van der Waals surface area contributed by atoms with Crippen LogP contribution in [0.3, 0.4) is 0 Å². The van der Waals surface area contributed by atoms with Crippen LogP contribution in [0.25, 0.3) is 11.0 Å². The largest absolute Gasteiger partial charge is 0.493 e. The molecule has 0 unspecified atom stereocenters. The van der Waals surface area contributed by atoms with Crippen LogP contribution in [-0.2, 0) is 0 Å². The third-order valence-corrected chi connectivity index (χ3v) is 5.77. The van der Waals surface area contributed by atoms with Crippen molar-refractivity contribution in [2.75, 3.05) is 40.4 Å². The molecule has 1 atom stereocenters. The van der Waals surface area contributed by atoms with E-state index < -0.39 is 0 Å². The highest BCUT2D eigenvalue weighted by Gasteiger charge is 2.33. The number of rotatable bonds is 3. The van der Waals surface area contributed by atoms with E-state index in [-0.39, 0.29) is 5.91 Å². The number of nitrogens with zero attached hydrogens (tertiary/aromatic N) is 2. The number of furan rings is 1. The Morgan fingerprint density at radius 1 is 1.15 bits per heavy atom. The van der Waals surface area contributed by atoms with Crippen LogP contribution in [0, 0.1) is 6.92 Å². The predicted molar refractivity (Wildman–Crippen MR) is 99.2 cm³/mol. The highest BCUT2D eigenvalue weighted by Crippen LogP contribution is 2.39. The molecule has 3 heterocycles. The maximum Gasteiger partial charge on any atom is 0.289 e. The van der Waals surface area contributed by atoms with Gasteiger partial charge in [-0.3, -0.25) is 9.69 Å². The Bertz CT molecular complexity index is 829. The third kappa shape index (κ3) is 2.72. The number of hydrogen-bond donors (Lipinski definition) is 0. The van der Waals surface area contributed by atoms with Crippen LogP contribution in [0.15, 0.2) is 16.5 Å². The van der Waals surface area contributed by atoms with E-state index >= 15 is 0 Å². The molecule has 1 aromatic heterocycles. The zero-order valence-electron chi connectivity index (χ0n) is 15.7. The van der Waals surface area contributed by atoms with E-state index in [0.29, 0.717) is 28.9 Å².